The van der Waals surface area contributed by atoms with Gasteiger partial charge in [-0.25, -0.2) is 30.3 Å². The van der Waals surface area contributed by atoms with Crippen molar-refractivity contribution >= 4 is 47.9 Å². The molecule has 1 N–H and O–H groups in total. The predicted molar refractivity (Wildman–Crippen MR) is 141 cm³/mol. The van der Waals surface area contributed by atoms with Crippen LogP contribution in [0.2, 0.25) is 0 Å². The molecule has 0 spiro atoms. The summed E-state index contributed by atoms with van der Waals surface area (Å²) in [4.78, 5) is 0.0131. The Morgan fingerprint density at radius 2 is 1.84 bits per heavy atom. The molecule has 0 bridgehead atoms. The minimum Gasteiger partial charge on any atom is -0.267 e. The molecule has 1 saturated carbocycles. The Morgan fingerprint density at radius 1 is 1.13 bits per heavy atom. The van der Waals surface area contributed by atoms with Gasteiger partial charge in [0.15, 0.2) is 10.0 Å². The molecule has 0 saturated heterocycles. The number of sulfonamides is 2. The van der Waals surface area contributed by atoms with E-state index in [9.17, 15) is 25.6 Å². The number of rotatable bonds is 8. The SMILES string of the molecule is CC(C)S(=O)(=O)N1CC=C(c2cc(S(=O)(=O)NC3(C)CC3)cc3c(-c4nnc(C(F)F)s4)nn(C)c23)CC1. The molecule has 0 atom stereocenters. The minimum atomic E-state index is -3.92. The number of hydrogen-bond donors (Lipinski definition) is 1. The zero-order valence-corrected chi connectivity index (χ0v) is 23.7. The normalized spacial score (nSPS) is 18.5. The van der Waals surface area contributed by atoms with Crippen molar-refractivity contribution in [1.82, 2.24) is 29.0 Å². The molecule has 38 heavy (non-hydrogen) atoms. The van der Waals surface area contributed by atoms with Gasteiger partial charge in [0.25, 0.3) is 6.43 Å². The first-order valence-electron chi connectivity index (χ1n) is 12.1. The second kappa shape index (κ2) is 9.40. The summed E-state index contributed by atoms with van der Waals surface area (Å²) in [6.45, 7) is 5.50. The van der Waals surface area contributed by atoms with Crippen molar-refractivity contribution in [1.29, 1.82) is 0 Å². The number of aryl methyl sites for hydroxylation is 1. The maximum absolute atomic E-state index is 13.4. The summed E-state index contributed by atoms with van der Waals surface area (Å²) in [7, 11) is -5.69. The third-order valence-corrected chi connectivity index (χ3v) is 11.7. The smallest absolute Gasteiger partial charge is 0.267 e. The maximum Gasteiger partial charge on any atom is 0.291 e. The third-order valence-electron chi connectivity index (χ3n) is 6.91. The van der Waals surface area contributed by atoms with Crippen LogP contribution >= 0.6 is 11.3 Å². The van der Waals surface area contributed by atoms with Gasteiger partial charge in [-0.1, -0.05) is 17.4 Å². The number of aromatic nitrogens is 4. The summed E-state index contributed by atoms with van der Waals surface area (Å²) >= 11 is 0.702. The zero-order chi connectivity index (χ0) is 27.6. The van der Waals surface area contributed by atoms with E-state index >= 15 is 0 Å². The molecule has 0 unspecified atom stereocenters. The topological polar surface area (TPSA) is 127 Å². The van der Waals surface area contributed by atoms with E-state index in [-0.39, 0.29) is 28.7 Å². The van der Waals surface area contributed by atoms with Crippen LogP contribution in [0.25, 0.3) is 27.2 Å². The molecule has 3 heterocycles. The number of benzene rings is 1. The molecule has 10 nitrogen and oxygen atoms in total. The first-order chi connectivity index (χ1) is 17.7. The fraction of sp³-hybridized carbons (Fsp3) is 0.522. The molecule has 2 aliphatic rings. The van der Waals surface area contributed by atoms with Crippen molar-refractivity contribution in [3.05, 3.63) is 28.8 Å². The van der Waals surface area contributed by atoms with Crippen molar-refractivity contribution in [2.45, 2.75) is 62.1 Å². The summed E-state index contributed by atoms with van der Waals surface area (Å²) in [6.07, 6.45) is 0.822. The van der Waals surface area contributed by atoms with E-state index in [1.54, 1.807) is 37.7 Å². The highest BCUT2D eigenvalue weighted by molar-refractivity contribution is 7.89. The van der Waals surface area contributed by atoms with E-state index in [1.165, 1.54) is 10.4 Å². The van der Waals surface area contributed by atoms with Crippen LogP contribution in [0.1, 0.15) is 57.0 Å². The lowest BCUT2D eigenvalue weighted by Crippen LogP contribution is -2.39. The monoisotopic (exact) mass is 586 g/mol. The van der Waals surface area contributed by atoms with Gasteiger partial charge in [0, 0.05) is 36.6 Å². The molecule has 0 amide bonds. The largest absolute Gasteiger partial charge is 0.291 e. The fourth-order valence-corrected chi connectivity index (χ4v) is 7.90. The molecule has 2 aromatic heterocycles. The van der Waals surface area contributed by atoms with Crippen LogP contribution in [-0.2, 0) is 27.1 Å². The van der Waals surface area contributed by atoms with Crippen LogP contribution in [0.5, 0.6) is 0 Å². The summed E-state index contributed by atoms with van der Waals surface area (Å²) < 4.78 is 84.3. The fourth-order valence-electron chi connectivity index (χ4n) is 4.46. The molecule has 5 rings (SSSR count). The molecule has 1 aromatic carbocycles. The molecule has 1 fully saturated rings. The third kappa shape index (κ3) is 4.90. The Hall–Kier alpha value is -2.33. The first-order valence-corrected chi connectivity index (χ1v) is 15.9. The molecular weight excluding hydrogens is 558 g/mol. The van der Waals surface area contributed by atoms with E-state index in [0.29, 0.717) is 34.2 Å². The predicted octanol–water partition coefficient (Wildman–Crippen LogP) is 3.69. The molecule has 206 valence electrons. The van der Waals surface area contributed by atoms with Crippen molar-refractivity contribution in [3.63, 3.8) is 0 Å². The quantitative estimate of drug-likeness (QED) is 0.427. The van der Waals surface area contributed by atoms with Crippen LogP contribution < -0.4 is 4.72 Å². The Balaban J connectivity index is 1.67. The van der Waals surface area contributed by atoms with Gasteiger partial charge in [-0.2, -0.15) is 9.40 Å². The number of nitrogens with one attached hydrogen (secondary N) is 1. The zero-order valence-electron chi connectivity index (χ0n) is 21.3. The number of nitrogens with zero attached hydrogens (tertiary/aromatic N) is 5. The Kier molecular flexibility index (Phi) is 6.74. The van der Waals surface area contributed by atoms with Crippen LogP contribution in [0.4, 0.5) is 8.78 Å². The highest BCUT2D eigenvalue weighted by atomic mass is 32.2. The minimum absolute atomic E-state index is 0.0131. The number of alkyl halides is 2. The van der Waals surface area contributed by atoms with E-state index in [1.807, 2.05) is 6.92 Å². The average molecular weight is 587 g/mol. The van der Waals surface area contributed by atoms with Crippen LogP contribution in [-0.4, -0.2) is 65.0 Å². The van der Waals surface area contributed by atoms with Crippen molar-refractivity contribution in [2.75, 3.05) is 13.1 Å². The lowest BCUT2D eigenvalue weighted by molar-refractivity contribution is 0.150. The lowest BCUT2D eigenvalue weighted by Gasteiger charge is -2.28. The Labute approximate surface area is 223 Å². The van der Waals surface area contributed by atoms with Gasteiger partial charge in [0.05, 0.1) is 15.7 Å². The maximum atomic E-state index is 13.4. The van der Waals surface area contributed by atoms with Gasteiger partial charge in [-0.15, -0.1) is 10.2 Å². The van der Waals surface area contributed by atoms with Gasteiger partial charge >= 0.3 is 0 Å². The number of hydrogen-bond acceptors (Lipinski definition) is 8. The van der Waals surface area contributed by atoms with Gasteiger partial charge in [0.1, 0.15) is 5.69 Å². The molecule has 1 aliphatic heterocycles. The summed E-state index contributed by atoms with van der Waals surface area (Å²) in [5.41, 5.74) is 1.71. The van der Waals surface area contributed by atoms with E-state index in [4.69, 9.17) is 0 Å². The van der Waals surface area contributed by atoms with Gasteiger partial charge < -0.3 is 0 Å². The van der Waals surface area contributed by atoms with Crippen molar-refractivity contribution < 1.29 is 25.6 Å². The van der Waals surface area contributed by atoms with Gasteiger partial charge in [-0.05, 0) is 57.7 Å². The van der Waals surface area contributed by atoms with E-state index < -0.39 is 42.3 Å². The molecular formula is C23H28F2N6O4S3. The van der Waals surface area contributed by atoms with Crippen molar-refractivity contribution in [2.24, 2.45) is 7.05 Å². The summed E-state index contributed by atoms with van der Waals surface area (Å²) in [5.74, 6) is 0. The number of halogens is 2. The van der Waals surface area contributed by atoms with Gasteiger partial charge in [-0.3, -0.25) is 4.68 Å². The lowest BCUT2D eigenvalue weighted by atomic mass is 9.97. The van der Waals surface area contributed by atoms with Gasteiger partial charge in [0.2, 0.25) is 20.0 Å². The second-order valence-corrected chi connectivity index (χ2v) is 15.4. The van der Waals surface area contributed by atoms with E-state index in [0.717, 1.165) is 18.4 Å². The van der Waals surface area contributed by atoms with E-state index in [2.05, 4.69) is 20.0 Å². The van der Waals surface area contributed by atoms with Crippen molar-refractivity contribution in [3.8, 4) is 10.7 Å². The molecule has 15 heteroatoms. The molecule has 3 aromatic rings. The number of fused-ring (bicyclic) bond motifs is 1. The Morgan fingerprint density at radius 3 is 2.39 bits per heavy atom. The highest BCUT2D eigenvalue weighted by Crippen LogP contribution is 2.40. The first kappa shape index (κ1) is 27.2. The molecule has 1 aliphatic carbocycles. The van der Waals surface area contributed by atoms with Crippen LogP contribution in [0.3, 0.4) is 0 Å². The standard InChI is InChI=1S/C23H28F2N6O4S3/c1-13(2)38(34,35)31-9-5-14(6-10-31)16-11-15(37(32,33)29-23(3)7-8-23)12-17-18(28-30(4)19(16)17)21-26-27-22(36-21)20(24)25/h5,11-13,20,29H,6-10H2,1-4H3. The summed E-state index contributed by atoms with van der Waals surface area (Å²) in [5, 5.41) is 11.5. The molecule has 0 radical (unpaired) electrons. The summed E-state index contributed by atoms with van der Waals surface area (Å²) in [6, 6.07) is 3.06. The highest BCUT2D eigenvalue weighted by Gasteiger charge is 2.41. The average Bonchev–Trinajstić information content (AvgIpc) is 3.24. The second-order valence-electron chi connectivity index (χ2n) is 10.2. The van der Waals surface area contributed by atoms with Crippen LogP contribution in [0, 0.1) is 0 Å². The Bertz CT molecular complexity index is 1660. The van der Waals surface area contributed by atoms with Crippen LogP contribution in [0.15, 0.2) is 23.1 Å².